The first-order chi connectivity index (χ1) is 15.8. The fourth-order valence-corrected chi connectivity index (χ4v) is 3.98. The van der Waals surface area contributed by atoms with Gasteiger partial charge in [-0.1, -0.05) is 0 Å². The number of hydrogen-bond acceptors (Lipinski definition) is 8. The fourth-order valence-electron chi connectivity index (χ4n) is 3.72. The van der Waals surface area contributed by atoms with Gasteiger partial charge >= 0.3 is 5.97 Å². The monoisotopic (exact) mass is 483 g/mol. The van der Waals surface area contributed by atoms with Gasteiger partial charge in [-0.15, -0.1) is 0 Å². The van der Waals surface area contributed by atoms with Crippen molar-refractivity contribution in [2.45, 2.75) is 62.7 Å². The minimum absolute atomic E-state index is 0.0350. The zero-order valence-corrected chi connectivity index (χ0v) is 19.3. The van der Waals surface area contributed by atoms with Crippen LogP contribution >= 0.6 is 12.6 Å². The normalized spacial score (nSPS) is 18.4. The average Bonchev–Trinajstić information content (AvgIpc) is 3.48. The number of aliphatic carboxylic acids is 1. The van der Waals surface area contributed by atoms with E-state index in [2.05, 4.69) is 33.2 Å². The number of carboxylic acids is 1. The number of imidazole rings is 1. The number of likely N-dealkylation sites (tertiary alicyclic amines) is 1. The number of nitrogens with zero attached hydrogens (tertiary/aromatic N) is 2. The van der Waals surface area contributed by atoms with E-state index in [1.807, 2.05) is 0 Å². The van der Waals surface area contributed by atoms with Gasteiger partial charge < -0.3 is 37.1 Å². The summed E-state index contributed by atoms with van der Waals surface area (Å²) in [6.07, 6.45) is 5.81. The summed E-state index contributed by atoms with van der Waals surface area (Å²) in [5, 5.41) is 14.4. The predicted octanol–water partition coefficient (Wildman–Crippen LogP) is -1.62. The number of nitrogens with one attached hydrogen (secondary N) is 3. The van der Waals surface area contributed by atoms with Gasteiger partial charge in [0.05, 0.1) is 12.4 Å². The van der Waals surface area contributed by atoms with Crippen molar-refractivity contribution in [3.05, 3.63) is 18.2 Å². The van der Waals surface area contributed by atoms with Crippen LogP contribution in [0.3, 0.4) is 0 Å². The average molecular weight is 484 g/mol. The van der Waals surface area contributed by atoms with Crippen molar-refractivity contribution < 1.29 is 24.3 Å². The lowest BCUT2D eigenvalue weighted by Gasteiger charge is -2.28. The molecule has 1 aromatic heterocycles. The van der Waals surface area contributed by atoms with Crippen LogP contribution in [0.25, 0.3) is 0 Å². The number of aromatic nitrogens is 2. The zero-order chi connectivity index (χ0) is 24.4. The second-order valence-corrected chi connectivity index (χ2v) is 8.37. The summed E-state index contributed by atoms with van der Waals surface area (Å²) in [7, 11) is 0. The smallest absolute Gasteiger partial charge is 0.326 e. The van der Waals surface area contributed by atoms with Gasteiger partial charge in [-0.2, -0.15) is 12.6 Å². The SMILES string of the molecule is NCCCCC(NC(=O)C(CS)NC(=O)C1CCCN1C(=O)C(N)Cc1cnc[nH]1)C(=O)O. The summed E-state index contributed by atoms with van der Waals surface area (Å²) in [6.45, 7) is 0.811. The second kappa shape index (κ2) is 13.2. The van der Waals surface area contributed by atoms with Crippen molar-refractivity contribution >= 4 is 36.3 Å². The number of H-pyrrole nitrogens is 1. The van der Waals surface area contributed by atoms with E-state index in [0.29, 0.717) is 44.5 Å². The standard InChI is InChI=1S/C20H33N7O5S/c21-6-2-1-4-14(20(31)32)25-17(28)15(10-33)26-18(29)16-5-3-7-27(16)19(30)13(22)8-12-9-23-11-24-12/h9,11,13-16,33H,1-8,10,21-22H2,(H,23,24)(H,25,28)(H,26,29)(H,31,32). The van der Waals surface area contributed by atoms with E-state index in [9.17, 15) is 24.3 Å². The van der Waals surface area contributed by atoms with Crippen LogP contribution < -0.4 is 22.1 Å². The molecule has 0 bridgehead atoms. The Hall–Kier alpha value is -2.64. The third-order valence-electron chi connectivity index (χ3n) is 5.53. The molecule has 0 saturated carbocycles. The highest BCUT2D eigenvalue weighted by atomic mass is 32.1. The predicted molar refractivity (Wildman–Crippen MR) is 123 cm³/mol. The molecule has 8 N–H and O–H groups in total. The molecule has 1 fully saturated rings. The van der Waals surface area contributed by atoms with E-state index < -0.39 is 42.0 Å². The number of rotatable bonds is 13. The summed E-state index contributed by atoms with van der Waals surface area (Å²) >= 11 is 4.13. The minimum Gasteiger partial charge on any atom is -0.480 e. The highest BCUT2D eigenvalue weighted by Crippen LogP contribution is 2.19. The summed E-state index contributed by atoms with van der Waals surface area (Å²) in [5.41, 5.74) is 12.2. The third kappa shape index (κ3) is 7.72. The van der Waals surface area contributed by atoms with Crippen molar-refractivity contribution in [1.29, 1.82) is 0 Å². The number of unbranched alkanes of at least 4 members (excludes halogenated alkanes) is 1. The minimum atomic E-state index is -1.16. The maximum atomic E-state index is 12.9. The van der Waals surface area contributed by atoms with E-state index >= 15 is 0 Å². The first kappa shape index (κ1) is 26.6. The lowest BCUT2D eigenvalue weighted by atomic mass is 10.1. The van der Waals surface area contributed by atoms with Crippen LogP contribution in [0.1, 0.15) is 37.8 Å². The Morgan fingerprint density at radius 3 is 2.64 bits per heavy atom. The van der Waals surface area contributed by atoms with E-state index in [1.165, 1.54) is 11.2 Å². The largest absolute Gasteiger partial charge is 0.480 e. The Morgan fingerprint density at radius 1 is 1.27 bits per heavy atom. The Labute approximate surface area is 197 Å². The molecule has 1 aromatic rings. The van der Waals surface area contributed by atoms with Gasteiger partial charge in [0.1, 0.15) is 18.1 Å². The summed E-state index contributed by atoms with van der Waals surface area (Å²) < 4.78 is 0. The number of thiol groups is 1. The molecule has 13 heteroatoms. The summed E-state index contributed by atoms with van der Waals surface area (Å²) in [5.74, 6) is -2.71. The molecule has 33 heavy (non-hydrogen) atoms. The van der Waals surface area contributed by atoms with Crippen LogP contribution in [-0.2, 0) is 25.6 Å². The molecule has 1 aliphatic rings. The van der Waals surface area contributed by atoms with Crippen LogP contribution in [0.4, 0.5) is 0 Å². The molecule has 12 nitrogen and oxygen atoms in total. The van der Waals surface area contributed by atoms with E-state index in [1.54, 1.807) is 6.20 Å². The van der Waals surface area contributed by atoms with Crippen LogP contribution in [0.2, 0.25) is 0 Å². The number of amides is 3. The molecular weight excluding hydrogens is 450 g/mol. The van der Waals surface area contributed by atoms with Crippen LogP contribution in [0.15, 0.2) is 12.5 Å². The van der Waals surface area contributed by atoms with E-state index in [0.717, 1.165) is 0 Å². The Bertz CT molecular complexity index is 807. The van der Waals surface area contributed by atoms with Crippen molar-refractivity contribution in [2.24, 2.45) is 11.5 Å². The number of nitrogens with two attached hydrogens (primary N) is 2. The highest BCUT2D eigenvalue weighted by molar-refractivity contribution is 7.80. The molecule has 0 aromatic carbocycles. The van der Waals surface area contributed by atoms with Crippen LogP contribution in [0, 0.1) is 0 Å². The van der Waals surface area contributed by atoms with Gasteiger partial charge in [0.25, 0.3) is 0 Å². The first-order valence-corrected chi connectivity index (χ1v) is 11.6. The maximum absolute atomic E-state index is 12.9. The molecule has 2 rings (SSSR count). The fraction of sp³-hybridized carbons (Fsp3) is 0.650. The Balaban J connectivity index is 1.96. The van der Waals surface area contributed by atoms with Gasteiger partial charge in [-0.05, 0) is 38.6 Å². The Morgan fingerprint density at radius 2 is 2.03 bits per heavy atom. The second-order valence-electron chi connectivity index (χ2n) is 8.00. The van der Waals surface area contributed by atoms with Crippen molar-refractivity contribution in [2.75, 3.05) is 18.8 Å². The van der Waals surface area contributed by atoms with Crippen molar-refractivity contribution in [3.8, 4) is 0 Å². The number of aromatic amines is 1. The van der Waals surface area contributed by atoms with Crippen LogP contribution in [0.5, 0.6) is 0 Å². The first-order valence-electron chi connectivity index (χ1n) is 11.0. The lowest BCUT2D eigenvalue weighted by Crippen LogP contribution is -2.57. The molecule has 4 unspecified atom stereocenters. The lowest BCUT2D eigenvalue weighted by molar-refractivity contribution is -0.143. The molecule has 2 heterocycles. The molecule has 184 valence electrons. The van der Waals surface area contributed by atoms with E-state index in [4.69, 9.17) is 11.5 Å². The van der Waals surface area contributed by atoms with Crippen molar-refractivity contribution in [3.63, 3.8) is 0 Å². The molecule has 1 aliphatic heterocycles. The molecule has 0 spiro atoms. The van der Waals surface area contributed by atoms with Gasteiger partial charge in [0, 0.05) is 30.6 Å². The zero-order valence-electron chi connectivity index (χ0n) is 18.4. The number of carbonyl (C=O) groups excluding carboxylic acids is 3. The van der Waals surface area contributed by atoms with Crippen LogP contribution in [-0.4, -0.2) is 86.7 Å². The van der Waals surface area contributed by atoms with Crippen molar-refractivity contribution in [1.82, 2.24) is 25.5 Å². The van der Waals surface area contributed by atoms with Gasteiger partial charge in [0.15, 0.2) is 0 Å². The molecule has 0 aliphatic carbocycles. The van der Waals surface area contributed by atoms with Gasteiger partial charge in [-0.3, -0.25) is 14.4 Å². The molecule has 4 atom stereocenters. The molecular formula is C20H33N7O5S. The number of carbonyl (C=O) groups is 4. The highest BCUT2D eigenvalue weighted by Gasteiger charge is 2.37. The van der Waals surface area contributed by atoms with Gasteiger partial charge in [0.2, 0.25) is 17.7 Å². The quantitative estimate of drug-likeness (QED) is 0.128. The van der Waals surface area contributed by atoms with E-state index in [-0.39, 0.29) is 24.5 Å². The Kier molecular flexibility index (Phi) is 10.6. The number of carboxylic acid groups (broad SMARTS) is 1. The van der Waals surface area contributed by atoms with Gasteiger partial charge in [-0.25, -0.2) is 9.78 Å². The summed E-state index contributed by atoms with van der Waals surface area (Å²) in [6, 6.07) is -3.74. The maximum Gasteiger partial charge on any atom is 0.326 e. The summed E-state index contributed by atoms with van der Waals surface area (Å²) in [4.78, 5) is 58.0. The molecule has 3 amide bonds. The third-order valence-corrected chi connectivity index (χ3v) is 5.89. The molecule has 0 radical (unpaired) electrons. The molecule has 1 saturated heterocycles. The topological polar surface area (TPSA) is 197 Å². The number of hydrogen-bond donors (Lipinski definition) is 7.